The number of rotatable bonds is 8. The number of ether oxygens (including phenoxy) is 1. The van der Waals surface area contributed by atoms with E-state index in [1.165, 1.54) is 24.0 Å². The van der Waals surface area contributed by atoms with Gasteiger partial charge in [0.2, 0.25) is 0 Å². The molecule has 0 heterocycles. The molecule has 0 N–H and O–H groups in total. The van der Waals surface area contributed by atoms with Crippen LogP contribution in [0.25, 0.3) is 0 Å². The molecule has 0 aliphatic heterocycles. The second kappa shape index (κ2) is 9.65. The molecule has 0 rings (SSSR count). The van der Waals surface area contributed by atoms with Gasteiger partial charge in [-0.2, -0.15) is 0 Å². The zero-order valence-corrected chi connectivity index (χ0v) is 11.7. The molecule has 0 saturated heterocycles. The monoisotopic (exact) mass is 224 g/mol. The highest BCUT2D eigenvalue weighted by molar-refractivity contribution is 5.07. The maximum Gasteiger partial charge on any atom is 0.0778 e. The van der Waals surface area contributed by atoms with E-state index in [4.69, 9.17) is 4.74 Å². The minimum absolute atomic E-state index is 0.325. The molecule has 1 atom stereocenters. The lowest BCUT2D eigenvalue weighted by molar-refractivity contribution is 0.122. The Labute approximate surface area is 102 Å². The second-order valence-corrected chi connectivity index (χ2v) is 4.49. The molecule has 1 unspecified atom stereocenters. The molecule has 0 fully saturated rings. The first-order chi connectivity index (χ1) is 7.65. The average molecular weight is 224 g/mol. The number of allylic oxidation sites excluding steroid dienone is 3. The minimum Gasteiger partial charge on any atom is -0.377 e. The number of unbranched alkanes of at least 4 members (excludes halogenated alkanes) is 1. The van der Waals surface area contributed by atoms with Crippen molar-refractivity contribution in [2.45, 2.75) is 65.9 Å². The molecule has 0 saturated carbocycles. The second-order valence-electron chi connectivity index (χ2n) is 4.49. The quantitative estimate of drug-likeness (QED) is 0.534. The van der Waals surface area contributed by atoms with E-state index in [1.807, 2.05) is 7.11 Å². The molecule has 0 amide bonds. The third-order valence-electron chi connectivity index (χ3n) is 3.11. The molecule has 1 heteroatoms. The van der Waals surface area contributed by atoms with Gasteiger partial charge in [0.15, 0.2) is 0 Å². The summed E-state index contributed by atoms with van der Waals surface area (Å²) in [5, 5.41) is 0. The predicted octanol–water partition coefficient (Wildman–Crippen LogP) is 4.88. The Hall–Kier alpha value is -0.560. The highest BCUT2D eigenvalue weighted by Gasteiger charge is 2.07. The Morgan fingerprint density at radius 3 is 2.50 bits per heavy atom. The van der Waals surface area contributed by atoms with Crippen LogP contribution in [0.4, 0.5) is 0 Å². The third kappa shape index (κ3) is 6.84. The van der Waals surface area contributed by atoms with Gasteiger partial charge in [-0.1, -0.05) is 37.5 Å². The van der Waals surface area contributed by atoms with Crippen LogP contribution in [-0.2, 0) is 4.74 Å². The average Bonchev–Trinajstić information content (AvgIpc) is 2.29. The van der Waals surface area contributed by atoms with Gasteiger partial charge in [0.1, 0.15) is 0 Å². The van der Waals surface area contributed by atoms with Crippen molar-refractivity contribution < 1.29 is 4.74 Å². The van der Waals surface area contributed by atoms with E-state index in [0.717, 1.165) is 19.3 Å². The number of hydrogen-bond acceptors (Lipinski definition) is 1. The molecule has 94 valence electrons. The highest BCUT2D eigenvalue weighted by Crippen LogP contribution is 2.15. The van der Waals surface area contributed by atoms with Crippen LogP contribution in [0.1, 0.15) is 59.8 Å². The molecule has 0 bridgehead atoms. The van der Waals surface area contributed by atoms with Gasteiger partial charge in [-0.15, -0.1) is 0 Å². The van der Waals surface area contributed by atoms with Crippen LogP contribution in [0.3, 0.4) is 0 Å². The van der Waals surface area contributed by atoms with E-state index in [9.17, 15) is 0 Å². The predicted molar refractivity (Wildman–Crippen MR) is 72.7 cm³/mol. The summed E-state index contributed by atoms with van der Waals surface area (Å²) in [6.45, 7) is 8.70. The van der Waals surface area contributed by atoms with Crippen molar-refractivity contribution in [3.8, 4) is 0 Å². The molecule has 0 aliphatic carbocycles. The van der Waals surface area contributed by atoms with Crippen molar-refractivity contribution in [1.82, 2.24) is 0 Å². The van der Waals surface area contributed by atoms with Crippen molar-refractivity contribution in [1.29, 1.82) is 0 Å². The van der Waals surface area contributed by atoms with Crippen molar-refractivity contribution >= 4 is 0 Å². The maximum absolute atomic E-state index is 5.52. The standard InChI is InChI=1S/C15H28O/c1-6-8-12-15(16-5)14(4)11-9-10-13(3)7-2/h7,11,15H,6,8-10,12H2,1-5H3/b13-7+,14-11+. The highest BCUT2D eigenvalue weighted by atomic mass is 16.5. The van der Waals surface area contributed by atoms with Gasteiger partial charge < -0.3 is 4.74 Å². The molecular weight excluding hydrogens is 196 g/mol. The number of methoxy groups -OCH3 is 1. The van der Waals surface area contributed by atoms with Crippen molar-refractivity contribution in [2.75, 3.05) is 7.11 Å². The van der Waals surface area contributed by atoms with Crippen LogP contribution < -0.4 is 0 Å². The van der Waals surface area contributed by atoms with Gasteiger partial charge in [-0.3, -0.25) is 0 Å². The molecule has 0 aromatic carbocycles. The molecular formula is C15H28O. The summed E-state index contributed by atoms with van der Waals surface area (Å²) in [4.78, 5) is 0. The van der Waals surface area contributed by atoms with Crippen molar-refractivity contribution in [3.63, 3.8) is 0 Å². The van der Waals surface area contributed by atoms with Crippen LogP contribution >= 0.6 is 0 Å². The lowest BCUT2D eigenvalue weighted by Crippen LogP contribution is -2.11. The Balaban J connectivity index is 4.06. The Bertz CT molecular complexity index is 226. The van der Waals surface area contributed by atoms with E-state index in [0.29, 0.717) is 6.10 Å². The fourth-order valence-corrected chi connectivity index (χ4v) is 1.72. The summed E-state index contributed by atoms with van der Waals surface area (Å²) in [7, 11) is 1.81. The fraction of sp³-hybridized carbons (Fsp3) is 0.733. The van der Waals surface area contributed by atoms with Crippen LogP contribution in [0.2, 0.25) is 0 Å². The summed E-state index contributed by atoms with van der Waals surface area (Å²) in [6, 6.07) is 0. The van der Waals surface area contributed by atoms with E-state index in [1.54, 1.807) is 0 Å². The van der Waals surface area contributed by atoms with Crippen LogP contribution in [0, 0.1) is 0 Å². The lowest BCUT2D eigenvalue weighted by atomic mass is 10.0. The van der Waals surface area contributed by atoms with Gasteiger partial charge in [0.25, 0.3) is 0 Å². The Morgan fingerprint density at radius 2 is 2.00 bits per heavy atom. The SMILES string of the molecule is C/C=C(\C)CC/C=C(\C)C(CCCC)OC. The van der Waals surface area contributed by atoms with Gasteiger partial charge in [0, 0.05) is 7.11 Å². The van der Waals surface area contributed by atoms with E-state index in [-0.39, 0.29) is 0 Å². The zero-order chi connectivity index (χ0) is 12.4. The van der Waals surface area contributed by atoms with Crippen molar-refractivity contribution in [2.24, 2.45) is 0 Å². The molecule has 0 aromatic heterocycles. The summed E-state index contributed by atoms with van der Waals surface area (Å²) in [6.07, 6.45) is 10.8. The largest absolute Gasteiger partial charge is 0.377 e. The smallest absolute Gasteiger partial charge is 0.0778 e. The fourth-order valence-electron chi connectivity index (χ4n) is 1.72. The molecule has 1 nitrogen and oxygen atoms in total. The Morgan fingerprint density at radius 1 is 1.31 bits per heavy atom. The van der Waals surface area contributed by atoms with Gasteiger partial charge in [0.05, 0.1) is 6.10 Å². The van der Waals surface area contributed by atoms with Gasteiger partial charge >= 0.3 is 0 Å². The van der Waals surface area contributed by atoms with Crippen LogP contribution in [0.5, 0.6) is 0 Å². The lowest BCUT2D eigenvalue weighted by Gasteiger charge is -2.15. The van der Waals surface area contributed by atoms with Gasteiger partial charge in [-0.05, 0) is 45.6 Å². The third-order valence-corrected chi connectivity index (χ3v) is 3.11. The first-order valence-corrected chi connectivity index (χ1v) is 6.46. The summed E-state index contributed by atoms with van der Waals surface area (Å²) in [5.41, 5.74) is 2.85. The first kappa shape index (κ1) is 15.4. The van der Waals surface area contributed by atoms with Crippen LogP contribution in [-0.4, -0.2) is 13.2 Å². The Kier molecular flexibility index (Phi) is 9.31. The summed E-state index contributed by atoms with van der Waals surface area (Å²) >= 11 is 0. The molecule has 0 aromatic rings. The summed E-state index contributed by atoms with van der Waals surface area (Å²) < 4.78 is 5.52. The summed E-state index contributed by atoms with van der Waals surface area (Å²) in [5.74, 6) is 0. The molecule has 16 heavy (non-hydrogen) atoms. The van der Waals surface area contributed by atoms with E-state index in [2.05, 4.69) is 39.8 Å². The first-order valence-electron chi connectivity index (χ1n) is 6.46. The van der Waals surface area contributed by atoms with Crippen LogP contribution in [0.15, 0.2) is 23.3 Å². The maximum atomic E-state index is 5.52. The van der Waals surface area contributed by atoms with Crippen molar-refractivity contribution in [3.05, 3.63) is 23.3 Å². The van der Waals surface area contributed by atoms with E-state index < -0.39 is 0 Å². The topological polar surface area (TPSA) is 9.23 Å². The van der Waals surface area contributed by atoms with E-state index >= 15 is 0 Å². The molecule has 0 radical (unpaired) electrons. The van der Waals surface area contributed by atoms with Gasteiger partial charge in [-0.25, -0.2) is 0 Å². The number of hydrogen-bond donors (Lipinski definition) is 0. The normalized spacial score (nSPS) is 15.3. The molecule has 0 aliphatic rings. The molecule has 0 spiro atoms. The minimum atomic E-state index is 0.325. The zero-order valence-electron chi connectivity index (χ0n) is 11.7.